The van der Waals surface area contributed by atoms with Crippen LogP contribution < -0.4 is 10.1 Å². The van der Waals surface area contributed by atoms with Crippen molar-refractivity contribution in [1.82, 2.24) is 0 Å². The third-order valence-electron chi connectivity index (χ3n) is 2.41. The first-order chi connectivity index (χ1) is 7.99. The maximum atomic E-state index is 11.3. The topological polar surface area (TPSA) is 47.6 Å². The largest absolute Gasteiger partial charge is 0.495 e. The summed E-state index contributed by atoms with van der Waals surface area (Å²) in [4.78, 5) is 11.3. The Morgan fingerprint density at radius 1 is 1.41 bits per heavy atom. The highest BCUT2D eigenvalue weighted by Gasteiger charge is 2.15. The lowest BCUT2D eigenvalue weighted by atomic mass is 10.2. The van der Waals surface area contributed by atoms with Crippen molar-refractivity contribution in [2.75, 3.05) is 19.5 Å². The Morgan fingerprint density at radius 2 is 2.06 bits per heavy atom. The van der Waals surface area contributed by atoms with Crippen LogP contribution in [0, 0.1) is 6.92 Å². The van der Waals surface area contributed by atoms with Crippen molar-refractivity contribution in [2.45, 2.75) is 19.9 Å². The summed E-state index contributed by atoms with van der Waals surface area (Å²) in [6, 6.07) is 3.10. The molecule has 1 rings (SSSR count). The monoisotopic (exact) mass is 257 g/mol. The number of aryl methyl sites for hydroxylation is 1. The average molecular weight is 258 g/mol. The van der Waals surface area contributed by atoms with Gasteiger partial charge in [0.2, 0.25) is 0 Å². The molecule has 1 unspecified atom stereocenters. The summed E-state index contributed by atoms with van der Waals surface area (Å²) in [5.74, 6) is 0.260. The van der Waals surface area contributed by atoms with E-state index in [9.17, 15) is 4.79 Å². The van der Waals surface area contributed by atoms with Crippen LogP contribution in [0.3, 0.4) is 0 Å². The molecule has 0 radical (unpaired) electrons. The van der Waals surface area contributed by atoms with Gasteiger partial charge in [-0.2, -0.15) is 0 Å². The number of benzene rings is 1. The molecular weight excluding hydrogens is 242 g/mol. The fraction of sp³-hybridized carbons (Fsp3) is 0.417. The van der Waals surface area contributed by atoms with Crippen molar-refractivity contribution < 1.29 is 14.3 Å². The second-order valence-corrected chi connectivity index (χ2v) is 4.10. The molecule has 0 heterocycles. The average Bonchev–Trinajstić information content (AvgIpc) is 2.32. The molecule has 0 aliphatic carbocycles. The highest BCUT2D eigenvalue weighted by molar-refractivity contribution is 6.31. The third-order valence-corrected chi connectivity index (χ3v) is 2.81. The van der Waals surface area contributed by atoms with Crippen LogP contribution in [0.15, 0.2) is 12.1 Å². The van der Waals surface area contributed by atoms with E-state index in [1.54, 1.807) is 20.1 Å². The zero-order valence-corrected chi connectivity index (χ0v) is 11.1. The lowest BCUT2D eigenvalue weighted by Gasteiger charge is -2.16. The summed E-state index contributed by atoms with van der Waals surface area (Å²) in [6.45, 7) is 3.60. The van der Waals surface area contributed by atoms with Crippen LogP contribution in [0.4, 0.5) is 5.69 Å². The number of esters is 1. The summed E-state index contributed by atoms with van der Waals surface area (Å²) in [7, 11) is 2.90. The second kappa shape index (κ2) is 5.77. The van der Waals surface area contributed by atoms with Gasteiger partial charge in [0.1, 0.15) is 11.8 Å². The van der Waals surface area contributed by atoms with Gasteiger partial charge in [-0.1, -0.05) is 11.6 Å². The molecular formula is C12H16ClNO3. The number of anilines is 1. The first-order valence-electron chi connectivity index (χ1n) is 5.18. The van der Waals surface area contributed by atoms with E-state index in [4.69, 9.17) is 16.3 Å². The predicted molar refractivity (Wildman–Crippen MR) is 67.8 cm³/mol. The van der Waals surface area contributed by atoms with Crippen molar-refractivity contribution in [3.63, 3.8) is 0 Å². The van der Waals surface area contributed by atoms with E-state index in [0.717, 1.165) is 5.56 Å². The molecule has 0 saturated heterocycles. The van der Waals surface area contributed by atoms with Gasteiger partial charge in [-0.05, 0) is 25.5 Å². The normalized spacial score (nSPS) is 11.8. The van der Waals surface area contributed by atoms with E-state index in [1.165, 1.54) is 7.11 Å². The zero-order chi connectivity index (χ0) is 13.0. The van der Waals surface area contributed by atoms with E-state index in [0.29, 0.717) is 16.5 Å². The number of hydrogen-bond acceptors (Lipinski definition) is 4. The number of methoxy groups -OCH3 is 2. The smallest absolute Gasteiger partial charge is 0.327 e. The lowest BCUT2D eigenvalue weighted by Crippen LogP contribution is -2.27. The van der Waals surface area contributed by atoms with Gasteiger partial charge >= 0.3 is 5.97 Å². The molecule has 4 nitrogen and oxygen atoms in total. The molecule has 5 heteroatoms. The van der Waals surface area contributed by atoms with Crippen molar-refractivity contribution in [3.05, 3.63) is 22.7 Å². The molecule has 1 atom stereocenters. The molecule has 0 spiro atoms. The molecule has 0 bridgehead atoms. The maximum absolute atomic E-state index is 11.3. The molecule has 0 aliphatic heterocycles. The molecule has 0 aliphatic rings. The van der Waals surface area contributed by atoms with Crippen molar-refractivity contribution in [1.29, 1.82) is 0 Å². The van der Waals surface area contributed by atoms with E-state index < -0.39 is 6.04 Å². The fourth-order valence-corrected chi connectivity index (χ4v) is 1.57. The molecule has 1 N–H and O–H groups in total. The van der Waals surface area contributed by atoms with Crippen molar-refractivity contribution >= 4 is 23.3 Å². The number of halogens is 1. The number of rotatable bonds is 4. The van der Waals surface area contributed by atoms with Gasteiger partial charge in [-0.25, -0.2) is 4.79 Å². The highest BCUT2D eigenvalue weighted by Crippen LogP contribution is 2.31. The van der Waals surface area contributed by atoms with Gasteiger partial charge in [0.25, 0.3) is 0 Å². The van der Waals surface area contributed by atoms with E-state index in [-0.39, 0.29) is 5.97 Å². The van der Waals surface area contributed by atoms with Gasteiger partial charge in [-0.3, -0.25) is 0 Å². The zero-order valence-electron chi connectivity index (χ0n) is 10.3. The van der Waals surface area contributed by atoms with Gasteiger partial charge in [-0.15, -0.1) is 0 Å². The van der Waals surface area contributed by atoms with Gasteiger partial charge in [0.05, 0.1) is 19.9 Å². The first kappa shape index (κ1) is 13.6. The Bertz CT molecular complexity index is 420. The van der Waals surface area contributed by atoms with Crippen molar-refractivity contribution in [3.8, 4) is 5.75 Å². The summed E-state index contributed by atoms with van der Waals surface area (Å²) in [5.41, 5.74) is 1.62. The Labute approximate surface area is 106 Å². The van der Waals surface area contributed by atoms with Crippen LogP contribution in [0.25, 0.3) is 0 Å². The van der Waals surface area contributed by atoms with E-state index in [1.807, 2.05) is 13.0 Å². The van der Waals surface area contributed by atoms with E-state index in [2.05, 4.69) is 10.1 Å². The predicted octanol–water partition coefficient (Wildman–Crippen LogP) is 2.63. The molecule has 17 heavy (non-hydrogen) atoms. The van der Waals surface area contributed by atoms with E-state index >= 15 is 0 Å². The summed E-state index contributed by atoms with van der Waals surface area (Å²) in [5, 5.41) is 3.65. The molecule has 0 saturated carbocycles. The Morgan fingerprint density at radius 3 is 2.59 bits per heavy atom. The summed E-state index contributed by atoms with van der Waals surface area (Å²) < 4.78 is 9.84. The molecule has 0 fully saturated rings. The first-order valence-corrected chi connectivity index (χ1v) is 5.56. The Kier molecular flexibility index (Phi) is 4.63. The Balaban J connectivity index is 2.97. The third kappa shape index (κ3) is 3.27. The minimum absolute atomic E-state index is 0.334. The second-order valence-electron chi connectivity index (χ2n) is 3.69. The van der Waals surface area contributed by atoms with Gasteiger partial charge in [0, 0.05) is 11.1 Å². The molecule has 1 aromatic rings. The van der Waals surface area contributed by atoms with Crippen LogP contribution in [0.2, 0.25) is 5.02 Å². The highest BCUT2D eigenvalue weighted by atomic mass is 35.5. The van der Waals surface area contributed by atoms with Crippen LogP contribution >= 0.6 is 11.6 Å². The maximum Gasteiger partial charge on any atom is 0.327 e. The van der Waals surface area contributed by atoms with Crippen LogP contribution in [0.1, 0.15) is 12.5 Å². The standard InChI is InChI=1S/C12H16ClNO3/c1-7-5-10(11(16-3)6-9(7)13)14-8(2)12(15)17-4/h5-6,8,14H,1-4H3. The van der Waals surface area contributed by atoms with Crippen molar-refractivity contribution in [2.24, 2.45) is 0 Å². The fourth-order valence-electron chi connectivity index (χ4n) is 1.41. The van der Waals surface area contributed by atoms with Crippen LogP contribution in [0.5, 0.6) is 5.75 Å². The minimum atomic E-state index is -0.450. The van der Waals surface area contributed by atoms with Gasteiger partial charge in [0.15, 0.2) is 0 Å². The minimum Gasteiger partial charge on any atom is -0.495 e. The number of nitrogens with one attached hydrogen (secondary N) is 1. The molecule has 94 valence electrons. The van der Waals surface area contributed by atoms with Crippen LogP contribution in [-0.2, 0) is 9.53 Å². The Hall–Kier alpha value is -1.42. The van der Waals surface area contributed by atoms with Crippen LogP contribution in [-0.4, -0.2) is 26.2 Å². The quantitative estimate of drug-likeness (QED) is 0.843. The summed E-state index contributed by atoms with van der Waals surface area (Å²) >= 11 is 5.99. The van der Waals surface area contributed by atoms with Gasteiger partial charge < -0.3 is 14.8 Å². The number of carbonyl (C=O) groups excluding carboxylic acids is 1. The SMILES string of the molecule is COC(=O)C(C)Nc1cc(C)c(Cl)cc1OC. The number of hydrogen-bond donors (Lipinski definition) is 1. The lowest BCUT2D eigenvalue weighted by molar-refractivity contribution is -0.141. The number of ether oxygens (including phenoxy) is 2. The molecule has 0 aromatic heterocycles. The molecule has 1 aromatic carbocycles. The summed E-state index contributed by atoms with van der Waals surface area (Å²) in [6.07, 6.45) is 0. The number of carbonyl (C=O) groups is 1. The molecule has 0 amide bonds.